The Kier molecular flexibility index (Phi) is 8.02. The molecular weight excluding hydrogens is 516 g/mol. The minimum atomic E-state index is -0.649. The first kappa shape index (κ1) is 27.1. The number of para-hydroxylation sites is 1. The van der Waals surface area contributed by atoms with Gasteiger partial charge in [-0.2, -0.15) is 0 Å². The van der Waals surface area contributed by atoms with E-state index >= 15 is 0 Å². The molecule has 212 valence electrons. The van der Waals surface area contributed by atoms with Crippen LogP contribution in [0, 0.1) is 0 Å². The van der Waals surface area contributed by atoms with Crippen LogP contribution in [0.2, 0.25) is 0 Å². The number of piperazine rings is 1. The van der Waals surface area contributed by atoms with Gasteiger partial charge in [-0.25, -0.2) is 4.79 Å². The van der Waals surface area contributed by atoms with E-state index in [0.29, 0.717) is 56.2 Å². The zero-order valence-corrected chi connectivity index (χ0v) is 23.1. The fourth-order valence-corrected chi connectivity index (χ4v) is 6.03. The molecule has 0 unspecified atom stereocenters. The summed E-state index contributed by atoms with van der Waals surface area (Å²) in [5.74, 6) is 1.21. The molecule has 2 aliphatic rings. The van der Waals surface area contributed by atoms with Gasteiger partial charge in [-0.1, -0.05) is 73.5 Å². The summed E-state index contributed by atoms with van der Waals surface area (Å²) in [4.78, 5) is 30.5. The van der Waals surface area contributed by atoms with E-state index in [0.717, 1.165) is 29.7 Å². The zero-order chi connectivity index (χ0) is 28.2. The average Bonchev–Trinajstić information content (AvgIpc) is 3.30. The van der Waals surface area contributed by atoms with Crippen LogP contribution in [0.5, 0.6) is 11.5 Å². The van der Waals surface area contributed by atoms with Crippen LogP contribution in [-0.2, 0) is 6.54 Å². The smallest absolute Gasteiger partial charge is 0.329 e. The molecule has 0 bridgehead atoms. The van der Waals surface area contributed by atoms with Crippen molar-refractivity contribution in [1.82, 2.24) is 19.4 Å². The summed E-state index contributed by atoms with van der Waals surface area (Å²) in [6.07, 6.45) is 2.52. The lowest BCUT2D eigenvalue weighted by atomic mass is 9.92. The number of nitrogens with zero attached hydrogens (tertiary/aromatic N) is 3. The van der Waals surface area contributed by atoms with E-state index in [1.54, 1.807) is 9.13 Å². The molecule has 1 aliphatic carbocycles. The van der Waals surface area contributed by atoms with Crippen LogP contribution in [0.25, 0.3) is 11.3 Å². The van der Waals surface area contributed by atoms with Gasteiger partial charge in [-0.15, -0.1) is 0 Å². The molecule has 3 aromatic carbocycles. The highest BCUT2D eigenvalue weighted by Crippen LogP contribution is 2.35. The summed E-state index contributed by atoms with van der Waals surface area (Å²) in [5, 5.41) is 14.4. The molecule has 1 saturated heterocycles. The molecule has 2 heterocycles. The number of aromatic nitrogens is 2. The quantitative estimate of drug-likeness (QED) is 0.348. The predicted octanol–water partition coefficient (Wildman–Crippen LogP) is 4.68. The maximum absolute atomic E-state index is 14.4. The number of aliphatic hydroxyl groups excluding tert-OH is 1. The van der Waals surface area contributed by atoms with Gasteiger partial charge in [-0.3, -0.25) is 13.9 Å². The van der Waals surface area contributed by atoms with E-state index in [9.17, 15) is 14.7 Å². The first-order valence-electron chi connectivity index (χ1n) is 14.5. The SMILES string of the molecule is O=C(c1c(-c2ccccc2)n([C@@H]2CCCC[C@H]2O)c(=O)n1Cc1cccc(Oc2ccccc2)c1)N1CCNCC1. The van der Waals surface area contributed by atoms with Crippen molar-refractivity contribution in [3.63, 3.8) is 0 Å². The van der Waals surface area contributed by atoms with E-state index in [2.05, 4.69) is 5.32 Å². The second-order valence-corrected chi connectivity index (χ2v) is 10.8. The van der Waals surface area contributed by atoms with Crippen molar-refractivity contribution in [2.24, 2.45) is 0 Å². The number of hydrogen-bond donors (Lipinski definition) is 2. The van der Waals surface area contributed by atoms with E-state index in [-0.39, 0.29) is 18.1 Å². The highest BCUT2D eigenvalue weighted by Gasteiger charge is 2.35. The van der Waals surface area contributed by atoms with Gasteiger partial charge in [0.25, 0.3) is 5.91 Å². The molecule has 2 atom stereocenters. The number of nitrogens with one attached hydrogen (secondary N) is 1. The van der Waals surface area contributed by atoms with E-state index in [4.69, 9.17) is 4.74 Å². The molecule has 6 rings (SSSR count). The summed E-state index contributed by atoms with van der Waals surface area (Å²) >= 11 is 0. The van der Waals surface area contributed by atoms with Gasteiger partial charge in [0.2, 0.25) is 0 Å². The molecule has 4 aromatic rings. The Morgan fingerprint density at radius 2 is 1.56 bits per heavy atom. The summed E-state index contributed by atoms with van der Waals surface area (Å²) in [6, 6.07) is 26.4. The average molecular weight is 553 g/mol. The van der Waals surface area contributed by atoms with Gasteiger partial charge in [0.15, 0.2) is 0 Å². The van der Waals surface area contributed by atoms with Gasteiger partial charge >= 0.3 is 5.69 Å². The van der Waals surface area contributed by atoms with Crippen LogP contribution < -0.4 is 15.7 Å². The molecule has 2 N–H and O–H groups in total. The number of hydrogen-bond acceptors (Lipinski definition) is 5. The van der Waals surface area contributed by atoms with Gasteiger partial charge in [0.1, 0.15) is 17.2 Å². The Balaban J connectivity index is 1.49. The van der Waals surface area contributed by atoms with Crippen LogP contribution in [-0.4, -0.2) is 57.3 Å². The Morgan fingerprint density at radius 1 is 0.878 bits per heavy atom. The molecule has 2 fully saturated rings. The Bertz CT molecular complexity index is 1540. The number of carbonyl (C=O) groups is 1. The van der Waals surface area contributed by atoms with Crippen molar-refractivity contribution in [1.29, 1.82) is 0 Å². The highest BCUT2D eigenvalue weighted by atomic mass is 16.5. The maximum Gasteiger partial charge on any atom is 0.329 e. The number of rotatable bonds is 7. The molecule has 1 saturated carbocycles. The third-order valence-electron chi connectivity index (χ3n) is 8.07. The van der Waals surface area contributed by atoms with Crippen molar-refractivity contribution in [3.05, 3.63) is 107 Å². The molecule has 41 heavy (non-hydrogen) atoms. The molecule has 1 aromatic heterocycles. The Morgan fingerprint density at radius 3 is 2.29 bits per heavy atom. The maximum atomic E-state index is 14.4. The number of benzene rings is 3. The summed E-state index contributed by atoms with van der Waals surface area (Å²) in [7, 11) is 0. The van der Waals surface area contributed by atoms with Gasteiger partial charge in [-0.05, 0) is 42.7 Å². The summed E-state index contributed by atoms with van der Waals surface area (Å²) in [6.45, 7) is 2.75. The lowest BCUT2D eigenvalue weighted by Gasteiger charge is -2.30. The van der Waals surface area contributed by atoms with Gasteiger partial charge < -0.3 is 20.1 Å². The number of aliphatic hydroxyl groups is 1. The van der Waals surface area contributed by atoms with Crippen LogP contribution in [0.15, 0.2) is 89.7 Å². The largest absolute Gasteiger partial charge is 0.457 e. The minimum Gasteiger partial charge on any atom is -0.457 e. The van der Waals surface area contributed by atoms with Gasteiger partial charge in [0.05, 0.1) is 24.4 Å². The lowest BCUT2D eigenvalue weighted by Crippen LogP contribution is -2.47. The van der Waals surface area contributed by atoms with E-state index < -0.39 is 12.1 Å². The standard InChI is InChI=1S/C33H36N4O4/c38-29-17-8-7-16-28(29)37-30(25-11-3-1-4-12-25)31(32(39)35-20-18-34-19-21-35)36(33(37)40)23-24-10-9-15-27(22-24)41-26-13-5-2-6-14-26/h1-6,9-15,22,28-29,34,38H,7-8,16-21,23H2/t28-,29-/m1/s1. The van der Waals surface area contributed by atoms with E-state index in [1.807, 2.05) is 89.8 Å². The first-order valence-corrected chi connectivity index (χ1v) is 14.5. The molecule has 8 nitrogen and oxygen atoms in total. The fourth-order valence-electron chi connectivity index (χ4n) is 6.03. The number of imidazole rings is 1. The molecule has 8 heteroatoms. The van der Waals surface area contributed by atoms with Crippen molar-refractivity contribution < 1.29 is 14.6 Å². The van der Waals surface area contributed by atoms with Crippen LogP contribution in [0.3, 0.4) is 0 Å². The predicted molar refractivity (Wildman–Crippen MR) is 158 cm³/mol. The van der Waals surface area contributed by atoms with Crippen molar-refractivity contribution in [2.45, 2.75) is 44.4 Å². The second-order valence-electron chi connectivity index (χ2n) is 10.8. The van der Waals surface area contributed by atoms with Crippen molar-refractivity contribution in [2.75, 3.05) is 26.2 Å². The Labute approximate surface area is 239 Å². The number of carbonyl (C=O) groups excluding carboxylic acids is 1. The van der Waals surface area contributed by atoms with E-state index in [1.165, 1.54) is 0 Å². The zero-order valence-electron chi connectivity index (χ0n) is 23.1. The lowest BCUT2D eigenvalue weighted by molar-refractivity contribution is 0.0719. The number of ether oxygens (including phenoxy) is 1. The second kappa shape index (κ2) is 12.2. The molecule has 1 amide bonds. The van der Waals surface area contributed by atoms with Crippen molar-refractivity contribution in [3.8, 4) is 22.8 Å². The number of amides is 1. The topological polar surface area (TPSA) is 88.7 Å². The van der Waals surface area contributed by atoms with Crippen molar-refractivity contribution >= 4 is 5.91 Å². The Hall–Kier alpha value is -4.14. The summed E-state index contributed by atoms with van der Waals surface area (Å²) < 4.78 is 9.37. The normalized spacial score (nSPS) is 19.2. The van der Waals surface area contributed by atoms with Gasteiger partial charge in [0, 0.05) is 31.7 Å². The third kappa shape index (κ3) is 5.71. The minimum absolute atomic E-state index is 0.164. The molecular formula is C33H36N4O4. The fraction of sp³-hybridized carbons (Fsp3) is 0.333. The highest BCUT2D eigenvalue weighted by molar-refractivity contribution is 5.99. The van der Waals surface area contributed by atoms with Crippen LogP contribution >= 0.6 is 0 Å². The molecule has 1 aliphatic heterocycles. The molecule has 0 radical (unpaired) electrons. The third-order valence-corrected chi connectivity index (χ3v) is 8.07. The first-order chi connectivity index (χ1) is 20.1. The monoisotopic (exact) mass is 552 g/mol. The van der Waals surface area contributed by atoms with Crippen LogP contribution in [0.1, 0.15) is 47.8 Å². The molecule has 0 spiro atoms. The summed E-state index contributed by atoms with van der Waals surface area (Å²) in [5.41, 5.74) is 2.32. The van der Waals surface area contributed by atoms with Crippen LogP contribution in [0.4, 0.5) is 0 Å².